The molecule has 0 radical (unpaired) electrons. The predicted octanol–water partition coefficient (Wildman–Crippen LogP) is 3.49. The summed E-state index contributed by atoms with van der Waals surface area (Å²) in [5.74, 6) is 0. The van der Waals surface area contributed by atoms with Gasteiger partial charge in [0.25, 0.3) is 0 Å². The third-order valence-corrected chi connectivity index (χ3v) is 7.13. The van der Waals surface area contributed by atoms with Crippen molar-refractivity contribution in [2.45, 2.75) is 29.5 Å². The van der Waals surface area contributed by atoms with E-state index in [9.17, 15) is 13.2 Å². The molecular weight excluding hydrogens is 372 g/mol. The number of sulfone groups is 1. The number of rotatable bonds is 4. The molecule has 0 atom stereocenters. The molecule has 1 fully saturated rings. The molecule has 2 aromatic carbocycles. The quantitative estimate of drug-likeness (QED) is 0.866. The van der Waals surface area contributed by atoms with Crippen LogP contribution in [0, 0.1) is 0 Å². The Hall–Kier alpha value is -2.05. The highest BCUT2D eigenvalue weighted by Crippen LogP contribution is 2.24. The molecule has 0 saturated carbocycles. The van der Waals surface area contributed by atoms with Crippen LogP contribution >= 0.6 is 11.6 Å². The first-order valence-corrected chi connectivity index (χ1v) is 10.5. The van der Waals surface area contributed by atoms with E-state index >= 15 is 0 Å². The van der Waals surface area contributed by atoms with Gasteiger partial charge in [-0.2, -0.15) is 0 Å². The minimum Gasteiger partial charge on any atom is -0.334 e. The van der Waals surface area contributed by atoms with E-state index in [2.05, 4.69) is 5.32 Å². The van der Waals surface area contributed by atoms with Gasteiger partial charge in [0.05, 0.1) is 10.1 Å². The molecule has 0 bridgehead atoms. The number of hydrogen-bond donors (Lipinski definition) is 1. The standard InChI is InChI=1S/C19H21ClN2O3S/c20-16-8-6-15(7-9-16)14-21-19(23)22-12-10-18(11-13-22)26(24,25)17-4-2-1-3-5-17/h1-9,18H,10-14H2,(H,21,23). The molecule has 5 nitrogen and oxygen atoms in total. The highest BCUT2D eigenvalue weighted by atomic mass is 35.5. The lowest BCUT2D eigenvalue weighted by Gasteiger charge is -2.31. The lowest BCUT2D eigenvalue weighted by atomic mass is 10.1. The number of likely N-dealkylation sites (tertiary alicyclic amines) is 1. The second-order valence-corrected chi connectivity index (χ2v) is 8.99. The molecule has 7 heteroatoms. The zero-order chi connectivity index (χ0) is 18.6. The lowest BCUT2D eigenvalue weighted by Crippen LogP contribution is -2.46. The number of carbonyl (C=O) groups excluding carboxylic acids is 1. The van der Waals surface area contributed by atoms with Crippen molar-refractivity contribution in [1.82, 2.24) is 10.2 Å². The van der Waals surface area contributed by atoms with E-state index in [0.717, 1.165) is 5.56 Å². The van der Waals surface area contributed by atoms with E-state index in [1.165, 1.54) is 0 Å². The number of carbonyl (C=O) groups is 1. The van der Waals surface area contributed by atoms with E-state index in [1.54, 1.807) is 47.4 Å². The van der Waals surface area contributed by atoms with Crippen LogP contribution in [0.15, 0.2) is 59.5 Å². The second-order valence-electron chi connectivity index (χ2n) is 6.33. The van der Waals surface area contributed by atoms with E-state index in [4.69, 9.17) is 11.6 Å². The first-order chi connectivity index (χ1) is 12.5. The van der Waals surface area contributed by atoms with Crippen molar-refractivity contribution in [3.8, 4) is 0 Å². The normalized spacial score (nSPS) is 15.7. The highest BCUT2D eigenvalue weighted by Gasteiger charge is 2.32. The predicted molar refractivity (Wildman–Crippen MR) is 102 cm³/mol. The Bertz CT molecular complexity index is 846. The van der Waals surface area contributed by atoms with Crippen molar-refractivity contribution >= 4 is 27.5 Å². The van der Waals surface area contributed by atoms with Crippen LogP contribution in [0.2, 0.25) is 5.02 Å². The average Bonchev–Trinajstić information content (AvgIpc) is 2.68. The smallest absolute Gasteiger partial charge is 0.317 e. The third-order valence-electron chi connectivity index (χ3n) is 4.60. The molecule has 1 aliphatic rings. The summed E-state index contributed by atoms with van der Waals surface area (Å²) in [5.41, 5.74) is 0.962. The van der Waals surface area contributed by atoms with E-state index in [-0.39, 0.29) is 6.03 Å². The molecule has 26 heavy (non-hydrogen) atoms. The summed E-state index contributed by atoms with van der Waals surface area (Å²) in [6.45, 7) is 1.28. The summed E-state index contributed by atoms with van der Waals surface area (Å²) in [6.07, 6.45) is 0.900. The number of hydrogen-bond acceptors (Lipinski definition) is 3. The largest absolute Gasteiger partial charge is 0.334 e. The van der Waals surface area contributed by atoms with Gasteiger partial charge >= 0.3 is 6.03 Å². The fraction of sp³-hybridized carbons (Fsp3) is 0.316. The monoisotopic (exact) mass is 392 g/mol. The number of urea groups is 1. The number of nitrogens with one attached hydrogen (secondary N) is 1. The minimum atomic E-state index is -3.34. The molecule has 0 aromatic heterocycles. The van der Waals surface area contributed by atoms with Crippen molar-refractivity contribution in [2.75, 3.05) is 13.1 Å². The van der Waals surface area contributed by atoms with Gasteiger partial charge in [-0.1, -0.05) is 41.9 Å². The molecule has 0 aliphatic carbocycles. The molecular formula is C19H21ClN2O3S. The van der Waals surface area contributed by atoms with Gasteiger partial charge in [0.15, 0.2) is 9.84 Å². The Morgan fingerprint density at radius 3 is 2.27 bits per heavy atom. The Kier molecular flexibility index (Phi) is 5.84. The summed E-state index contributed by atoms with van der Waals surface area (Å²) in [4.78, 5) is 14.3. The number of benzene rings is 2. The molecule has 3 rings (SSSR count). The zero-order valence-electron chi connectivity index (χ0n) is 14.3. The summed E-state index contributed by atoms with van der Waals surface area (Å²) < 4.78 is 25.3. The maximum atomic E-state index is 12.7. The number of halogens is 1. The summed E-state index contributed by atoms with van der Waals surface area (Å²) in [6, 6.07) is 15.6. The summed E-state index contributed by atoms with van der Waals surface area (Å²) in [7, 11) is -3.34. The molecule has 1 heterocycles. The van der Waals surface area contributed by atoms with E-state index in [1.807, 2.05) is 12.1 Å². The maximum Gasteiger partial charge on any atom is 0.317 e. The number of piperidine rings is 1. The SMILES string of the molecule is O=C(NCc1ccc(Cl)cc1)N1CCC(S(=O)(=O)c2ccccc2)CC1. The fourth-order valence-electron chi connectivity index (χ4n) is 3.06. The van der Waals surface area contributed by atoms with Crippen molar-refractivity contribution in [3.05, 3.63) is 65.2 Å². The zero-order valence-corrected chi connectivity index (χ0v) is 15.8. The van der Waals surface area contributed by atoms with E-state index < -0.39 is 15.1 Å². The van der Waals surface area contributed by atoms with E-state index in [0.29, 0.717) is 42.4 Å². The van der Waals surface area contributed by atoms with Gasteiger partial charge in [-0.15, -0.1) is 0 Å². The molecule has 2 amide bonds. The third kappa shape index (κ3) is 4.37. The average molecular weight is 393 g/mol. The van der Waals surface area contributed by atoms with Crippen LogP contribution in [-0.2, 0) is 16.4 Å². The van der Waals surface area contributed by atoms with Crippen LogP contribution in [0.5, 0.6) is 0 Å². The van der Waals surface area contributed by atoms with Crippen molar-refractivity contribution in [2.24, 2.45) is 0 Å². The van der Waals surface area contributed by atoms with Crippen LogP contribution in [0.25, 0.3) is 0 Å². The molecule has 2 aromatic rings. The molecule has 0 unspecified atom stereocenters. The molecule has 0 spiro atoms. The topological polar surface area (TPSA) is 66.5 Å². The molecule has 1 aliphatic heterocycles. The van der Waals surface area contributed by atoms with Crippen molar-refractivity contribution in [1.29, 1.82) is 0 Å². The summed E-state index contributed by atoms with van der Waals surface area (Å²) >= 11 is 5.85. The maximum absolute atomic E-state index is 12.7. The van der Waals surface area contributed by atoms with Gasteiger partial charge in [-0.25, -0.2) is 13.2 Å². The Morgan fingerprint density at radius 1 is 1.04 bits per heavy atom. The van der Waals surface area contributed by atoms with Crippen LogP contribution in [0.3, 0.4) is 0 Å². The highest BCUT2D eigenvalue weighted by molar-refractivity contribution is 7.92. The van der Waals surface area contributed by atoms with Crippen molar-refractivity contribution < 1.29 is 13.2 Å². The summed E-state index contributed by atoms with van der Waals surface area (Å²) in [5, 5.41) is 3.08. The van der Waals surface area contributed by atoms with Crippen molar-refractivity contribution in [3.63, 3.8) is 0 Å². The molecule has 138 valence electrons. The Balaban J connectivity index is 1.53. The number of nitrogens with zero attached hydrogens (tertiary/aromatic N) is 1. The Morgan fingerprint density at radius 2 is 1.65 bits per heavy atom. The fourth-order valence-corrected chi connectivity index (χ4v) is 4.94. The van der Waals surface area contributed by atoms with Gasteiger partial charge < -0.3 is 10.2 Å². The van der Waals surface area contributed by atoms with Crippen LogP contribution in [0.1, 0.15) is 18.4 Å². The second kappa shape index (κ2) is 8.10. The van der Waals surface area contributed by atoms with Crippen LogP contribution in [-0.4, -0.2) is 37.7 Å². The first kappa shape index (κ1) is 18.7. The number of amides is 2. The minimum absolute atomic E-state index is 0.171. The van der Waals surface area contributed by atoms with Gasteiger partial charge in [0.2, 0.25) is 0 Å². The molecule has 1 N–H and O–H groups in total. The van der Waals surface area contributed by atoms with Gasteiger partial charge in [-0.3, -0.25) is 0 Å². The Labute approximate surface area is 158 Å². The van der Waals surface area contributed by atoms with Crippen LogP contribution in [0.4, 0.5) is 4.79 Å². The van der Waals surface area contributed by atoms with Crippen LogP contribution < -0.4 is 5.32 Å². The molecule has 1 saturated heterocycles. The van der Waals surface area contributed by atoms with Gasteiger partial charge in [0.1, 0.15) is 0 Å². The first-order valence-electron chi connectivity index (χ1n) is 8.53. The van der Waals surface area contributed by atoms with Gasteiger partial charge in [0, 0.05) is 24.7 Å². The van der Waals surface area contributed by atoms with Gasteiger partial charge in [-0.05, 0) is 42.7 Å². The lowest BCUT2D eigenvalue weighted by molar-refractivity contribution is 0.186.